The quantitative estimate of drug-likeness (QED) is 0.350. The van der Waals surface area contributed by atoms with Crippen molar-refractivity contribution >= 4 is 40.0 Å². The number of nitriles is 1. The molecule has 1 heterocycles. The number of nitro benzene ring substituents is 1. The van der Waals surface area contributed by atoms with Crippen LogP contribution >= 0.6 is 11.3 Å². The fourth-order valence-corrected chi connectivity index (χ4v) is 3.21. The first-order chi connectivity index (χ1) is 12.9. The topological polar surface area (TPSA) is 122 Å². The van der Waals surface area contributed by atoms with E-state index in [1.54, 1.807) is 13.8 Å². The average molecular weight is 385 g/mol. The summed E-state index contributed by atoms with van der Waals surface area (Å²) in [7, 11) is 0. The van der Waals surface area contributed by atoms with Gasteiger partial charge in [0.1, 0.15) is 15.9 Å². The van der Waals surface area contributed by atoms with Crippen LogP contribution in [0.4, 0.5) is 10.7 Å². The van der Waals surface area contributed by atoms with Gasteiger partial charge in [0.05, 0.1) is 17.1 Å². The molecule has 1 N–H and O–H groups in total. The molecular weight excluding hydrogens is 370 g/mol. The van der Waals surface area contributed by atoms with Crippen LogP contribution in [0.15, 0.2) is 30.3 Å². The van der Waals surface area contributed by atoms with Crippen molar-refractivity contribution in [2.45, 2.75) is 13.8 Å². The molecule has 2 rings (SSSR count). The number of nitrogens with one attached hydrogen (secondary N) is 1. The van der Waals surface area contributed by atoms with E-state index in [0.29, 0.717) is 11.1 Å². The Hall–Kier alpha value is -3.51. The maximum Gasteiger partial charge on any atom is 0.348 e. The van der Waals surface area contributed by atoms with E-state index >= 15 is 0 Å². The van der Waals surface area contributed by atoms with E-state index in [2.05, 4.69) is 5.32 Å². The molecule has 0 saturated heterocycles. The lowest BCUT2D eigenvalue weighted by Crippen LogP contribution is -2.07. The summed E-state index contributed by atoms with van der Waals surface area (Å²) < 4.78 is 4.95. The summed E-state index contributed by atoms with van der Waals surface area (Å²) in [6, 6.07) is 7.66. The van der Waals surface area contributed by atoms with Crippen LogP contribution in [0.1, 0.15) is 33.3 Å². The van der Waals surface area contributed by atoms with Gasteiger partial charge in [0.25, 0.3) is 5.69 Å². The lowest BCUT2D eigenvalue weighted by atomic mass is 10.1. The minimum Gasteiger partial charge on any atom is -0.462 e. The number of hydrogen-bond donors (Lipinski definition) is 1. The molecule has 0 atom stereocenters. The van der Waals surface area contributed by atoms with Crippen LogP contribution in [-0.2, 0) is 9.53 Å². The zero-order valence-corrected chi connectivity index (χ0v) is 15.3. The van der Waals surface area contributed by atoms with Crippen molar-refractivity contribution in [3.05, 3.63) is 62.0 Å². The molecule has 138 valence electrons. The number of non-ortho nitro benzene ring substituents is 1. The normalized spacial score (nSPS) is 10.4. The first-order valence-electron chi connectivity index (χ1n) is 7.81. The molecule has 9 heteroatoms. The third-order valence-corrected chi connectivity index (χ3v) is 4.67. The third-order valence-electron chi connectivity index (χ3n) is 3.49. The monoisotopic (exact) mass is 385 g/mol. The van der Waals surface area contributed by atoms with Gasteiger partial charge in [0.2, 0.25) is 5.91 Å². The number of nitro groups is 1. The van der Waals surface area contributed by atoms with E-state index in [4.69, 9.17) is 4.74 Å². The van der Waals surface area contributed by atoms with Crippen molar-refractivity contribution in [2.75, 3.05) is 11.9 Å². The number of benzene rings is 1. The molecule has 27 heavy (non-hydrogen) atoms. The van der Waals surface area contributed by atoms with Gasteiger partial charge in [-0.15, -0.1) is 11.3 Å². The van der Waals surface area contributed by atoms with Crippen LogP contribution in [0.3, 0.4) is 0 Å². The molecule has 0 spiro atoms. The van der Waals surface area contributed by atoms with Crippen LogP contribution in [0, 0.1) is 28.4 Å². The number of thiophene rings is 1. The van der Waals surface area contributed by atoms with Crippen molar-refractivity contribution in [1.29, 1.82) is 5.26 Å². The summed E-state index contributed by atoms with van der Waals surface area (Å²) >= 11 is 0.976. The van der Waals surface area contributed by atoms with Gasteiger partial charge in [-0.25, -0.2) is 4.79 Å². The summed E-state index contributed by atoms with van der Waals surface area (Å²) in [4.78, 5) is 34.4. The summed E-state index contributed by atoms with van der Waals surface area (Å²) in [5.41, 5.74) is 1.22. The lowest BCUT2D eigenvalue weighted by Gasteiger charge is -1.99. The van der Waals surface area contributed by atoms with Crippen molar-refractivity contribution in [2.24, 2.45) is 0 Å². The molecule has 1 aromatic heterocycles. The summed E-state index contributed by atoms with van der Waals surface area (Å²) in [6.07, 6.45) is 2.72. The largest absolute Gasteiger partial charge is 0.462 e. The van der Waals surface area contributed by atoms with E-state index in [0.717, 1.165) is 11.3 Å². The zero-order valence-electron chi connectivity index (χ0n) is 14.5. The Morgan fingerprint density at radius 3 is 2.59 bits per heavy atom. The van der Waals surface area contributed by atoms with Crippen molar-refractivity contribution < 1.29 is 19.2 Å². The number of hydrogen-bond acceptors (Lipinski definition) is 7. The highest BCUT2D eigenvalue weighted by Gasteiger charge is 2.21. The van der Waals surface area contributed by atoms with Gasteiger partial charge in [-0.05, 0) is 43.2 Å². The van der Waals surface area contributed by atoms with Crippen molar-refractivity contribution in [3.8, 4) is 6.07 Å². The van der Waals surface area contributed by atoms with E-state index in [1.165, 1.54) is 36.4 Å². The standard InChI is InChI=1S/C18H15N3O5S/c1-3-26-18(23)16-11(2)14(10-19)17(27-16)20-15(22)9-6-12-4-7-13(8-5-12)21(24)25/h4-9H,3H2,1-2H3,(H,20,22). The second-order valence-electron chi connectivity index (χ2n) is 5.26. The Kier molecular flexibility index (Phi) is 6.41. The minimum absolute atomic E-state index is 0.0455. The summed E-state index contributed by atoms with van der Waals surface area (Å²) in [6.45, 7) is 3.50. The van der Waals surface area contributed by atoms with Crippen LogP contribution in [0.5, 0.6) is 0 Å². The molecular formula is C18H15N3O5S. The molecule has 8 nitrogen and oxygen atoms in total. The minimum atomic E-state index is -0.543. The molecule has 0 aliphatic carbocycles. The molecule has 0 saturated carbocycles. The average Bonchev–Trinajstić information content (AvgIpc) is 2.95. The number of nitrogens with zero attached hydrogens (tertiary/aromatic N) is 2. The predicted molar refractivity (Wildman–Crippen MR) is 100 cm³/mol. The van der Waals surface area contributed by atoms with E-state index in [9.17, 15) is 25.0 Å². The van der Waals surface area contributed by atoms with Gasteiger partial charge in [0.15, 0.2) is 0 Å². The number of anilines is 1. The van der Waals surface area contributed by atoms with E-state index < -0.39 is 16.8 Å². The number of esters is 1. The van der Waals surface area contributed by atoms with Gasteiger partial charge < -0.3 is 10.1 Å². The summed E-state index contributed by atoms with van der Waals surface area (Å²) in [5.74, 6) is -1.04. The SMILES string of the molecule is CCOC(=O)c1sc(NC(=O)C=Cc2ccc([N+](=O)[O-])cc2)c(C#N)c1C. The second-order valence-corrected chi connectivity index (χ2v) is 6.28. The predicted octanol–water partition coefficient (Wildman–Crippen LogP) is 3.67. The van der Waals surface area contributed by atoms with Crippen molar-refractivity contribution in [3.63, 3.8) is 0 Å². The van der Waals surface area contributed by atoms with Gasteiger partial charge in [0, 0.05) is 18.2 Å². The van der Waals surface area contributed by atoms with Gasteiger partial charge >= 0.3 is 5.97 Å². The highest BCUT2D eigenvalue weighted by atomic mass is 32.1. The highest BCUT2D eigenvalue weighted by Crippen LogP contribution is 2.33. The van der Waals surface area contributed by atoms with Gasteiger partial charge in [-0.1, -0.05) is 0 Å². The Morgan fingerprint density at radius 1 is 1.37 bits per heavy atom. The van der Waals surface area contributed by atoms with Crippen molar-refractivity contribution in [1.82, 2.24) is 0 Å². The third kappa shape index (κ3) is 4.77. The lowest BCUT2D eigenvalue weighted by molar-refractivity contribution is -0.384. The zero-order chi connectivity index (χ0) is 20.0. The van der Waals surface area contributed by atoms with Crippen LogP contribution < -0.4 is 5.32 Å². The molecule has 0 fully saturated rings. The second kappa shape index (κ2) is 8.73. The molecule has 1 amide bonds. The first kappa shape index (κ1) is 19.8. The Bertz CT molecular complexity index is 955. The number of amides is 1. The number of carbonyl (C=O) groups excluding carboxylic acids is 2. The van der Waals surface area contributed by atoms with Gasteiger partial charge in [-0.3, -0.25) is 14.9 Å². The van der Waals surface area contributed by atoms with E-state index in [1.807, 2.05) is 6.07 Å². The Morgan fingerprint density at radius 2 is 2.04 bits per heavy atom. The van der Waals surface area contributed by atoms with Crippen LogP contribution in [0.25, 0.3) is 6.08 Å². The Balaban J connectivity index is 2.15. The molecule has 0 radical (unpaired) electrons. The molecule has 0 bridgehead atoms. The highest BCUT2D eigenvalue weighted by molar-refractivity contribution is 7.18. The maximum absolute atomic E-state index is 12.1. The fourth-order valence-electron chi connectivity index (χ4n) is 2.16. The number of carbonyl (C=O) groups is 2. The first-order valence-corrected chi connectivity index (χ1v) is 8.63. The maximum atomic E-state index is 12.1. The summed E-state index contributed by atoms with van der Waals surface area (Å²) in [5, 5.41) is 22.8. The molecule has 1 aromatic carbocycles. The van der Waals surface area contributed by atoms with Gasteiger partial charge in [-0.2, -0.15) is 5.26 Å². The van der Waals surface area contributed by atoms with Crippen LogP contribution in [-0.4, -0.2) is 23.4 Å². The van der Waals surface area contributed by atoms with Crippen LogP contribution in [0.2, 0.25) is 0 Å². The number of rotatable bonds is 6. The Labute approximate surface area is 158 Å². The molecule has 0 aliphatic heterocycles. The molecule has 0 aliphatic rings. The molecule has 2 aromatic rings. The van der Waals surface area contributed by atoms with E-state index in [-0.39, 0.29) is 27.7 Å². The fraction of sp³-hybridized carbons (Fsp3) is 0.167. The number of ether oxygens (including phenoxy) is 1. The molecule has 0 unspecified atom stereocenters. The smallest absolute Gasteiger partial charge is 0.348 e.